The molecule has 0 aliphatic carbocycles. The standard InChI is InChI=1S/C12H14BrN3O/c1-7-6-10(4-5-11(7)13)14-8(2)12-15-9(3)16-17-12/h4-6,8,14H,1-3H3/t8-/m0/s1. The van der Waals surface area contributed by atoms with E-state index in [2.05, 4.69) is 44.4 Å². The molecule has 0 aliphatic heterocycles. The number of halogens is 1. The Morgan fingerprint density at radius 1 is 1.35 bits per heavy atom. The second kappa shape index (κ2) is 4.87. The van der Waals surface area contributed by atoms with Gasteiger partial charge < -0.3 is 9.84 Å². The number of benzene rings is 1. The Morgan fingerprint density at radius 3 is 2.71 bits per heavy atom. The SMILES string of the molecule is Cc1noc([C@H](C)Nc2ccc(Br)c(C)c2)n1. The largest absolute Gasteiger partial charge is 0.374 e. The van der Waals surface area contributed by atoms with Gasteiger partial charge in [0.2, 0.25) is 5.89 Å². The molecule has 0 fully saturated rings. The number of rotatable bonds is 3. The molecule has 0 amide bonds. The van der Waals surface area contributed by atoms with Crippen molar-refractivity contribution in [2.45, 2.75) is 26.8 Å². The van der Waals surface area contributed by atoms with Crippen molar-refractivity contribution in [1.82, 2.24) is 10.1 Å². The maximum atomic E-state index is 5.12. The molecule has 0 radical (unpaired) electrons. The molecule has 2 rings (SSSR count). The molecule has 1 aromatic heterocycles. The van der Waals surface area contributed by atoms with Gasteiger partial charge in [-0.2, -0.15) is 4.98 Å². The van der Waals surface area contributed by atoms with E-state index in [1.54, 1.807) is 0 Å². The van der Waals surface area contributed by atoms with Crippen LogP contribution in [0.3, 0.4) is 0 Å². The number of anilines is 1. The fraction of sp³-hybridized carbons (Fsp3) is 0.333. The van der Waals surface area contributed by atoms with Crippen LogP contribution in [0.2, 0.25) is 0 Å². The minimum absolute atomic E-state index is 0.00299. The van der Waals surface area contributed by atoms with Gasteiger partial charge in [0, 0.05) is 10.2 Å². The summed E-state index contributed by atoms with van der Waals surface area (Å²) in [4.78, 5) is 4.20. The van der Waals surface area contributed by atoms with E-state index in [1.165, 1.54) is 5.56 Å². The second-order valence-corrected chi connectivity index (χ2v) is 4.86. The van der Waals surface area contributed by atoms with E-state index in [0.717, 1.165) is 10.2 Å². The highest BCUT2D eigenvalue weighted by Gasteiger charge is 2.12. The summed E-state index contributed by atoms with van der Waals surface area (Å²) in [5.74, 6) is 1.25. The smallest absolute Gasteiger partial charge is 0.248 e. The number of hydrogen-bond donors (Lipinski definition) is 1. The molecule has 0 spiro atoms. The third kappa shape index (κ3) is 2.85. The average molecular weight is 296 g/mol. The highest BCUT2D eigenvalue weighted by atomic mass is 79.9. The fourth-order valence-electron chi connectivity index (χ4n) is 1.54. The Kier molecular flexibility index (Phi) is 3.47. The van der Waals surface area contributed by atoms with Crippen molar-refractivity contribution in [3.8, 4) is 0 Å². The van der Waals surface area contributed by atoms with Gasteiger partial charge in [-0.1, -0.05) is 21.1 Å². The quantitative estimate of drug-likeness (QED) is 0.939. The lowest BCUT2D eigenvalue weighted by Crippen LogP contribution is -2.07. The Balaban J connectivity index is 2.12. The minimum atomic E-state index is -0.00299. The molecular formula is C12H14BrN3O. The lowest BCUT2D eigenvalue weighted by molar-refractivity contribution is 0.364. The topological polar surface area (TPSA) is 51.0 Å². The van der Waals surface area contributed by atoms with Gasteiger partial charge in [-0.05, 0) is 44.5 Å². The molecule has 1 heterocycles. The lowest BCUT2D eigenvalue weighted by Gasteiger charge is -2.12. The van der Waals surface area contributed by atoms with Crippen LogP contribution in [-0.4, -0.2) is 10.1 Å². The molecule has 5 heteroatoms. The summed E-state index contributed by atoms with van der Waals surface area (Å²) in [7, 11) is 0. The van der Waals surface area contributed by atoms with Crippen LogP contribution in [-0.2, 0) is 0 Å². The summed E-state index contributed by atoms with van der Waals surface area (Å²) < 4.78 is 6.22. The van der Waals surface area contributed by atoms with Crippen molar-refractivity contribution < 1.29 is 4.52 Å². The predicted molar refractivity (Wildman–Crippen MR) is 70.0 cm³/mol. The summed E-state index contributed by atoms with van der Waals surface area (Å²) in [5.41, 5.74) is 2.22. The van der Waals surface area contributed by atoms with E-state index < -0.39 is 0 Å². The second-order valence-electron chi connectivity index (χ2n) is 4.01. The fourth-order valence-corrected chi connectivity index (χ4v) is 1.78. The first-order valence-electron chi connectivity index (χ1n) is 5.39. The first kappa shape index (κ1) is 12.1. The van der Waals surface area contributed by atoms with Crippen molar-refractivity contribution in [3.05, 3.63) is 40.0 Å². The molecule has 0 saturated carbocycles. The summed E-state index contributed by atoms with van der Waals surface area (Å²) >= 11 is 3.48. The maximum Gasteiger partial charge on any atom is 0.248 e. The van der Waals surface area contributed by atoms with Crippen molar-refractivity contribution in [3.63, 3.8) is 0 Å². The van der Waals surface area contributed by atoms with E-state index in [1.807, 2.05) is 26.0 Å². The molecule has 0 bridgehead atoms. The van der Waals surface area contributed by atoms with Gasteiger partial charge >= 0.3 is 0 Å². The highest BCUT2D eigenvalue weighted by Crippen LogP contribution is 2.23. The minimum Gasteiger partial charge on any atom is -0.374 e. The van der Waals surface area contributed by atoms with Gasteiger partial charge in [0.25, 0.3) is 0 Å². The Labute approximate surface area is 109 Å². The number of aryl methyl sites for hydroxylation is 2. The first-order valence-corrected chi connectivity index (χ1v) is 6.18. The van der Waals surface area contributed by atoms with Gasteiger partial charge in [0.1, 0.15) is 6.04 Å². The van der Waals surface area contributed by atoms with Gasteiger partial charge in [0.15, 0.2) is 5.82 Å². The van der Waals surface area contributed by atoms with Gasteiger partial charge in [-0.25, -0.2) is 0 Å². The van der Waals surface area contributed by atoms with Crippen molar-refractivity contribution in [2.24, 2.45) is 0 Å². The van der Waals surface area contributed by atoms with E-state index in [4.69, 9.17) is 4.52 Å². The van der Waals surface area contributed by atoms with Crippen molar-refractivity contribution in [1.29, 1.82) is 0 Å². The molecule has 0 aliphatic rings. The zero-order chi connectivity index (χ0) is 12.4. The zero-order valence-electron chi connectivity index (χ0n) is 9.99. The van der Waals surface area contributed by atoms with E-state index >= 15 is 0 Å². The molecule has 2 aromatic rings. The molecular weight excluding hydrogens is 282 g/mol. The van der Waals surface area contributed by atoms with Crippen LogP contribution in [0.15, 0.2) is 27.2 Å². The van der Waals surface area contributed by atoms with Crippen LogP contribution in [0.4, 0.5) is 5.69 Å². The van der Waals surface area contributed by atoms with Crippen molar-refractivity contribution in [2.75, 3.05) is 5.32 Å². The molecule has 4 nitrogen and oxygen atoms in total. The van der Waals surface area contributed by atoms with Crippen LogP contribution < -0.4 is 5.32 Å². The molecule has 0 unspecified atom stereocenters. The van der Waals surface area contributed by atoms with Crippen LogP contribution in [0, 0.1) is 13.8 Å². The van der Waals surface area contributed by atoms with Crippen LogP contribution in [0.5, 0.6) is 0 Å². The number of nitrogens with zero attached hydrogens (tertiary/aromatic N) is 2. The van der Waals surface area contributed by atoms with Crippen LogP contribution >= 0.6 is 15.9 Å². The number of nitrogens with one attached hydrogen (secondary N) is 1. The Morgan fingerprint density at radius 2 is 2.12 bits per heavy atom. The monoisotopic (exact) mass is 295 g/mol. The zero-order valence-corrected chi connectivity index (χ0v) is 11.6. The predicted octanol–water partition coefficient (Wildman–Crippen LogP) is 3.62. The Hall–Kier alpha value is -1.36. The third-order valence-corrected chi connectivity index (χ3v) is 3.34. The first-order chi connectivity index (χ1) is 8.06. The van der Waals surface area contributed by atoms with E-state index in [0.29, 0.717) is 11.7 Å². The average Bonchev–Trinajstić information content (AvgIpc) is 2.70. The normalized spacial score (nSPS) is 12.5. The lowest BCUT2D eigenvalue weighted by atomic mass is 10.2. The van der Waals surface area contributed by atoms with Crippen LogP contribution in [0.25, 0.3) is 0 Å². The van der Waals surface area contributed by atoms with Crippen LogP contribution in [0.1, 0.15) is 30.2 Å². The molecule has 1 aromatic carbocycles. The van der Waals surface area contributed by atoms with Crippen molar-refractivity contribution >= 4 is 21.6 Å². The van der Waals surface area contributed by atoms with Gasteiger partial charge in [-0.3, -0.25) is 0 Å². The van der Waals surface area contributed by atoms with E-state index in [-0.39, 0.29) is 6.04 Å². The maximum absolute atomic E-state index is 5.12. The Bertz CT molecular complexity index is 524. The molecule has 17 heavy (non-hydrogen) atoms. The molecule has 1 atom stereocenters. The highest BCUT2D eigenvalue weighted by molar-refractivity contribution is 9.10. The molecule has 90 valence electrons. The summed E-state index contributed by atoms with van der Waals surface area (Å²) in [5, 5.41) is 7.10. The summed E-state index contributed by atoms with van der Waals surface area (Å²) in [6.07, 6.45) is 0. The molecule has 1 N–H and O–H groups in total. The number of aromatic nitrogens is 2. The third-order valence-electron chi connectivity index (χ3n) is 2.45. The van der Waals surface area contributed by atoms with Gasteiger partial charge in [0.05, 0.1) is 0 Å². The van der Waals surface area contributed by atoms with Gasteiger partial charge in [-0.15, -0.1) is 0 Å². The summed E-state index contributed by atoms with van der Waals surface area (Å²) in [6.45, 7) is 5.85. The summed E-state index contributed by atoms with van der Waals surface area (Å²) in [6, 6.07) is 6.10. The van der Waals surface area contributed by atoms with E-state index in [9.17, 15) is 0 Å². The molecule has 0 saturated heterocycles. The number of hydrogen-bond acceptors (Lipinski definition) is 4.